The molecule has 1 fully saturated rings. The number of nitrogen functional groups attached to an aromatic ring is 1. The number of ether oxygens (including phenoxy) is 1. The molecular formula is C11H12BrClN2O2. The highest BCUT2D eigenvalue weighted by molar-refractivity contribution is 9.10. The first-order chi connectivity index (χ1) is 8.06. The maximum Gasteiger partial charge on any atom is 0.258 e. The minimum Gasteiger partial charge on any atom is -0.480 e. The Morgan fingerprint density at radius 2 is 2.29 bits per heavy atom. The average Bonchev–Trinajstić information content (AvgIpc) is 2.99. The highest BCUT2D eigenvalue weighted by atomic mass is 79.9. The molecule has 17 heavy (non-hydrogen) atoms. The zero-order valence-corrected chi connectivity index (χ0v) is 11.3. The number of hydrogen-bond donors (Lipinski definition) is 2. The van der Waals surface area contributed by atoms with Crippen LogP contribution < -0.4 is 15.8 Å². The Morgan fingerprint density at radius 3 is 2.88 bits per heavy atom. The number of nitrogens with two attached hydrogens (primary N) is 1. The molecule has 1 aromatic rings. The van der Waals surface area contributed by atoms with E-state index < -0.39 is 0 Å². The summed E-state index contributed by atoms with van der Waals surface area (Å²) in [6.07, 6.45) is 2.11. The Labute approximate surface area is 113 Å². The maximum absolute atomic E-state index is 11.4. The van der Waals surface area contributed by atoms with Crippen molar-refractivity contribution in [2.24, 2.45) is 0 Å². The lowest BCUT2D eigenvalue weighted by molar-refractivity contribution is -0.123. The van der Waals surface area contributed by atoms with E-state index in [1.807, 2.05) is 0 Å². The van der Waals surface area contributed by atoms with E-state index in [9.17, 15) is 4.79 Å². The quantitative estimate of drug-likeness (QED) is 0.837. The Morgan fingerprint density at radius 1 is 1.59 bits per heavy atom. The molecule has 1 aliphatic carbocycles. The Hall–Kier alpha value is -0.940. The number of nitrogens with one attached hydrogen (secondary N) is 1. The molecule has 0 saturated heterocycles. The van der Waals surface area contributed by atoms with Gasteiger partial charge in [0.1, 0.15) is 0 Å². The summed E-state index contributed by atoms with van der Waals surface area (Å²) < 4.78 is 6.01. The van der Waals surface area contributed by atoms with Crippen molar-refractivity contribution in [1.29, 1.82) is 0 Å². The second-order valence-electron chi connectivity index (χ2n) is 3.94. The van der Waals surface area contributed by atoms with Gasteiger partial charge in [0.25, 0.3) is 5.91 Å². The van der Waals surface area contributed by atoms with Gasteiger partial charge < -0.3 is 15.8 Å². The molecule has 1 aliphatic rings. The molecule has 1 saturated carbocycles. The molecular weight excluding hydrogens is 307 g/mol. The average molecular weight is 320 g/mol. The fourth-order valence-electron chi connectivity index (χ4n) is 1.37. The fraction of sp³-hybridized carbons (Fsp3) is 0.364. The lowest BCUT2D eigenvalue weighted by Gasteiger charge is -2.11. The molecule has 0 aliphatic heterocycles. The number of amides is 1. The molecule has 0 aromatic heterocycles. The van der Waals surface area contributed by atoms with Crippen LogP contribution in [0.4, 0.5) is 5.69 Å². The monoisotopic (exact) mass is 318 g/mol. The molecule has 0 spiro atoms. The lowest BCUT2D eigenvalue weighted by Crippen LogP contribution is -2.30. The van der Waals surface area contributed by atoms with Crippen molar-refractivity contribution in [1.82, 2.24) is 5.32 Å². The molecule has 1 aromatic carbocycles. The summed E-state index contributed by atoms with van der Waals surface area (Å²) in [6.45, 7) is -0.0407. The van der Waals surface area contributed by atoms with Crippen molar-refractivity contribution in [3.8, 4) is 5.75 Å². The third-order valence-electron chi connectivity index (χ3n) is 2.33. The van der Waals surface area contributed by atoms with E-state index in [2.05, 4.69) is 21.2 Å². The number of halogens is 2. The second kappa shape index (κ2) is 5.14. The molecule has 6 heteroatoms. The molecule has 0 bridgehead atoms. The smallest absolute Gasteiger partial charge is 0.258 e. The van der Waals surface area contributed by atoms with Crippen LogP contribution in [-0.2, 0) is 4.79 Å². The minimum absolute atomic E-state index is 0.0407. The van der Waals surface area contributed by atoms with E-state index in [0.29, 0.717) is 27.0 Å². The Kier molecular flexibility index (Phi) is 3.79. The van der Waals surface area contributed by atoms with E-state index in [0.717, 1.165) is 12.8 Å². The van der Waals surface area contributed by atoms with Gasteiger partial charge in [-0.15, -0.1) is 0 Å². The number of anilines is 1. The fourth-order valence-corrected chi connectivity index (χ4v) is 2.32. The molecule has 0 unspecified atom stereocenters. The van der Waals surface area contributed by atoms with Gasteiger partial charge in [-0.05, 0) is 40.9 Å². The van der Waals surface area contributed by atoms with Crippen LogP contribution in [-0.4, -0.2) is 18.6 Å². The highest BCUT2D eigenvalue weighted by Gasteiger charge is 2.23. The van der Waals surface area contributed by atoms with Gasteiger partial charge in [-0.25, -0.2) is 0 Å². The third kappa shape index (κ3) is 3.51. The van der Waals surface area contributed by atoms with Crippen LogP contribution in [0.3, 0.4) is 0 Å². The first-order valence-electron chi connectivity index (χ1n) is 5.23. The van der Waals surface area contributed by atoms with Crippen LogP contribution in [0.25, 0.3) is 0 Å². The van der Waals surface area contributed by atoms with E-state index in [-0.39, 0.29) is 12.5 Å². The molecule has 4 nitrogen and oxygen atoms in total. The van der Waals surface area contributed by atoms with Gasteiger partial charge in [0, 0.05) is 11.1 Å². The largest absolute Gasteiger partial charge is 0.480 e. The molecule has 3 N–H and O–H groups in total. The van der Waals surface area contributed by atoms with Crippen molar-refractivity contribution in [2.45, 2.75) is 18.9 Å². The topological polar surface area (TPSA) is 64.3 Å². The third-order valence-corrected chi connectivity index (χ3v) is 3.13. The molecule has 0 heterocycles. The van der Waals surface area contributed by atoms with Gasteiger partial charge in [-0.2, -0.15) is 0 Å². The predicted molar refractivity (Wildman–Crippen MR) is 70.2 cm³/mol. The van der Waals surface area contributed by atoms with Gasteiger partial charge in [0.15, 0.2) is 12.4 Å². The van der Waals surface area contributed by atoms with Crippen molar-refractivity contribution >= 4 is 39.1 Å². The van der Waals surface area contributed by atoms with Crippen molar-refractivity contribution in [3.63, 3.8) is 0 Å². The van der Waals surface area contributed by atoms with E-state index >= 15 is 0 Å². The zero-order valence-electron chi connectivity index (χ0n) is 9.00. The predicted octanol–water partition coefficient (Wildman–Crippen LogP) is 2.34. The van der Waals surface area contributed by atoms with Gasteiger partial charge in [-0.3, -0.25) is 4.79 Å². The Balaban J connectivity index is 1.95. The van der Waals surface area contributed by atoms with Gasteiger partial charge in [0.05, 0.1) is 10.2 Å². The van der Waals surface area contributed by atoms with Gasteiger partial charge in [0.2, 0.25) is 0 Å². The normalized spacial score (nSPS) is 14.5. The Bertz CT molecular complexity index is 426. The SMILES string of the molecule is Nc1cc(Cl)cc(Br)c1OCC(=O)NC1CC1. The van der Waals surface area contributed by atoms with Crippen molar-refractivity contribution < 1.29 is 9.53 Å². The van der Waals surface area contributed by atoms with Crippen LogP contribution in [0, 0.1) is 0 Å². The number of benzene rings is 1. The van der Waals surface area contributed by atoms with Crippen LogP contribution >= 0.6 is 27.5 Å². The van der Waals surface area contributed by atoms with E-state index in [1.54, 1.807) is 12.1 Å². The summed E-state index contributed by atoms with van der Waals surface area (Å²) in [7, 11) is 0. The van der Waals surface area contributed by atoms with Gasteiger partial charge >= 0.3 is 0 Å². The molecule has 0 radical (unpaired) electrons. The lowest BCUT2D eigenvalue weighted by atomic mass is 10.3. The summed E-state index contributed by atoms with van der Waals surface area (Å²) in [6, 6.07) is 3.59. The van der Waals surface area contributed by atoms with Crippen molar-refractivity contribution in [2.75, 3.05) is 12.3 Å². The second-order valence-corrected chi connectivity index (χ2v) is 5.23. The van der Waals surface area contributed by atoms with E-state index in [1.165, 1.54) is 0 Å². The van der Waals surface area contributed by atoms with Crippen LogP contribution in [0.5, 0.6) is 5.75 Å². The highest BCUT2D eigenvalue weighted by Crippen LogP contribution is 2.34. The van der Waals surface area contributed by atoms with Crippen LogP contribution in [0.2, 0.25) is 5.02 Å². The summed E-state index contributed by atoms with van der Waals surface area (Å²) in [5.74, 6) is 0.314. The number of hydrogen-bond acceptors (Lipinski definition) is 3. The van der Waals surface area contributed by atoms with Crippen LogP contribution in [0.15, 0.2) is 16.6 Å². The number of carbonyl (C=O) groups excluding carboxylic acids is 1. The molecule has 0 atom stereocenters. The maximum atomic E-state index is 11.4. The minimum atomic E-state index is -0.131. The number of rotatable bonds is 4. The first kappa shape index (κ1) is 12.5. The summed E-state index contributed by atoms with van der Waals surface area (Å²) in [5, 5.41) is 3.35. The molecule has 92 valence electrons. The first-order valence-corrected chi connectivity index (χ1v) is 6.40. The van der Waals surface area contributed by atoms with Gasteiger partial charge in [-0.1, -0.05) is 11.6 Å². The zero-order chi connectivity index (χ0) is 12.4. The van der Waals surface area contributed by atoms with Crippen LogP contribution in [0.1, 0.15) is 12.8 Å². The molecule has 2 rings (SSSR count). The standard InChI is InChI=1S/C11H12BrClN2O2/c12-8-3-6(13)4-9(14)11(8)17-5-10(16)15-7-1-2-7/h3-4,7H,1-2,5,14H2,(H,15,16). The molecule has 1 amide bonds. The van der Waals surface area contributed by atoms with Crippen molar-refractivity contribution in [3.05, 3.63) is 21.6 Å². The number of carbonyl (C=O) groups is 1. The van der Waals surface area contributed by atoms with E-state index in [4.69, 9.17) is 22.1 Å². The summed E-state index contributed by atoms with van der Waals surface area (Å²) >= 11 is 9.11. The summed E-state index contributed by atoms with van der Waals surface area (Å²) in [4.78, 5) is 11.4. The summed E-state index contributed by atoms with van der Waals surface area (Å²) in [5.41, 5.74) is 6.16.